The van der Waals surface area contributed by atoms with Crippen molar-refractivity contribution in [3.8, 4) is 0 Å². The Balaban J connectivity index is 2.04. The van der Waals surface area contributed by atoms with Crippen molar-refractivity contribution < 1.29 is 4.79 Å². The highest BCUT2D eigenvalue weighted by molar-refractivity contribution is 5.92. The van der Waals surface area contributed by atoms with Gasteiger partial charge in [0, 0.05) is 12.2 Å². The molecule has 0 bridgehead atoms. The second kappa shape index (κ2) is 7.84. The van der Waals surface area contributed by atoms with Crippen LogP contribution in [0.1, 0.15) is 25.0 Å². The highest BCUT2D eigenvalue weighted by Gasteiger charge is 2.16. The van der Waals surface area contributed by atoms with Crippen molar-refractivity contribution in [1.29, 1.82) is 0 Å². The number of fused-ring (bicyclic) bond motifs is 1. The number of benzene rings is 2. The Morgan fingerprint density at radius 3 is 2.46 bits per heavy atom. The molecule has 0 saturated carbocycles. The van der Waals surface area contributed by atoms with Gasteiger partial charge in [0.2, 0.25) is 5.91 Å². The van der Waals surface area contributed by atoms with Crippen molar-refractivity contribution in [2.75, 3.05) is 5.32 Å². The maximum Gasteiger partial charge on any atom is 0.331 e. The molecule has 1 N–H and O–H groups in total. The molecule has 1 aromatic heterocycles. The molecule has 0 atom stereocenters. The van der Waals surface area contributed by atoms with Crippen molar-refractivity contribution in [3.63, 3.8) is 0 Å². The first kappa shape index (κ1) is 19.6. The number of rotatable bonds is 5. The molecular formula is C22H25N3O3. The van der Waals surface area contributed by atoms with Crippen LogP contribution in [0, 0.1) is 19.8 Å². The molecule has 0 unspecified atom stereocenters. The second-order valence-electron chi connectivity index (χ2n) is 7.56. The van der Waals surface area contributed by atoms with E-state index >= 15 is 0 Å². The van der Waals surface area contributed by atoms with E-state index in [-0.39, 0.29) is 23.9 Å². The first-order valence-corrected chi connectivity index (χ1v) is 9.37. The Kier molecular flexibility index (Phi) is 5.49. The highest BCUT2D eigenvalue weighted by Crippen LogP contribution is 2.16. The molecule has 1 heterocycles. The average Bonchev–Trinajstić information content (AvgIpc) is 2.65. The zero-order chi connectivity index (χ0) is 20.4. The Bertz CT molecular complexity index is 1160. The van der Waals surface area contributed by atoms with E-state index in [2.05, 4.69) is 5.32 Å². The van der Waals surface area contributed by atoms with Crippen LogP contribution in [-0.2, 0) is 17.9 Å². The number of para-hydroxylation sites is 1. The fourth-order valence-corrected chi connectivity index (χ4v) is 3.25. The van der Waals surface area contributed by atoms with Crippen LogP contribution in [-0.4, -0.2) is 15.0 Å². The third kappa shape index (κ3) is 3.91. The topological polar surface area (TPSA) is 73.1 Å². The van der Waals surface area contributed by atoms with E-state index in [4.69, 9.17) is 0 Å². The summed E-state index contributed by atoms with van der Waals surface area (Å²) in [6.07, 6.45) is 0. The van der Waals surface area contributed by atoms with Gasteiger partial charge in [-0.1, -0.05) is 38.1 Å². The summed E-state index contributed by atoms with van der Waals surface area (Å²) in [4.78, 5) is 38.4. The van der Waals surface area contributed by atoms with E-state index in [1.807, 2.05) is 45.9 Å². The van der Waals surface area contributed by atoms with Gasteiger partial charge in [0.15, 0.2) is 0 Å². The molecule has 146 valence electrons. The van der Waals surface area contributed by atoms with Gasteiger partial charge in [-0.15, -0.1) is 0 Å². The molecule has 2 aromatic carbocycles. The van der Waals surface area contributed by atoms with Crippen LogP contribution < -0.4 is 16.6 Å². The summed E-state index contributed by atoms with van der Waals surface area (Å²) in [6.45, 7) is 7.90. The smallest absolute Gasteiger partial charge is 0.324 e. The molecule has 6 nitrogen and oxygen atoms in total. The number of carbonyl (C=O) groups is 1. The SMILES string of the molecule is Cc1ccc(C)c(NC(=O)Cn2c(=O)n(CC(C)C)c(=O)c3ccccc32)c1. The largest absolute Gasteiger partial charge is 0.331 e. The van der Waals surface area contributed by atoms with E-state index in [9.17, 15) is 14.4 Å². The highest BCUT2D eigenvalue weighted by atomic mass is 16.2. The summed E-state index contributed by atoms with van der Waals surface area (Å²) in [7, 11) is 0. The van der Waals surface area contributed by atoms with E-state index < -0.39 is 5.69 Å². The summed E-state index contributed by atoms with van der Waals surface area (Å²) >= 11 is 0. The summed E-state index contributed by atoms with van der Waals surface area (Å²) in [6, 6.07) is 12.7. The van der Waals surface area contributed by atoms with E-state index in [1.54, 1.807) is 24.3 Å². The van der Waals surface area contributed by atoms with Gasteiger partial charge in [0.05, 0.1) is 10.9 Å². The lowest BCUT2D eigenvalue weighted by Gasteiger charge is -2.16. The predicted molar refractivity (Wildman–Crippen MR) is 112 cm³/mol. The minimum absolute atomic E-state index is 0.129. The number of nitrogens with zero attached hydrogens (tertiary/aromatic N) is 2. The fourth-order valence-electron chi connectivity index (χ4n) is 3.25. The third-order valence-corrected chi connectivity index (χ3v) is 4.65. The molecule has 0 fully saturated rings. The molecule has 28 heavy (non-hydrogen) atoms. The lowest BCUT2D eigenvalue weighted by Crippen LogP contribution is -2.42. The predicted octanol–water partition coefficient (Wildman–Crippen LogP) is 3.07. The summed E-state index contributed by atoms with van der Waals surface area (Å²) in [5, 5.41) is 3.31. The summed E-state index contributed by atoms with van der Waals surface area (Å²) < 4.78 is 2.60. The second-order valence-corrected chi connectivity index (χ2v) is 7.56. The van der Waals surface area contributed by atoms with Crippen molar-refractivity contribution in [2.45, 2.75) is 40.8 Å². The van der Waals surface area contributed by atoms with Crippen molar-refractivity contribution in [3.05, 3.63) is 74.4 Å². The average molecular weight is 379 g/mol. The normalized spacial score (nSPS) is 11.2. The quantitative estimate of drug-likeness (QED) is 0.740. The van der Waals surface area contributed by atoms with Gasteiger partial charge in [0.1, 0.15) is 6.54 Å². The Labute approximate surface area is 163 Å². The molecule has 6 heteroatoms. The molecule has 0 radical (unpaired) electrons. The number of aryl methyl sites for hydroxylation is 2. The molecule has 0 aliphatic rings. The van der Waals surface area contributed by atoms with Gasteiger partial charge in [-0.05, 0) is 49.1 Å². The van der Waals surface area contributed by atoms with Gasteiger partial charge in [-0.2, -0.15) is 0 Å². The minimum atomic E-state index is -0.464. The van der Waals surface area contributed by atoms with Crippen molar-refractivity contribution in [1.82, 2.24) is 9.13 Å². The number of anilines is 1. The minimum Gasteiger partial charge on any atom is -0.324 e. The molecule has 0 saturated heterocycles. The fraction of sp³-hybridized carbons (Fsp3) is 0.318. The Morgan fingerprint density at radius 1 is 1.04 bits per heavy atom. The van der Waals surface area contributed by atoms with Crippen LogP contribution >= 0.6 is 0 Å². The lowest BCUT2D eigenvalue weighted by molar-refractivity contribution is -0.116. The van der Waals surface area contributed by atoms with Crippen LogP contribution in [0.4, 0.5) is 5.69 Å². The van der Waals surface area contributed by atoms with Gasteiger partial charge < -0.3 is 5.32 Å². The standard InChI is InChI=1S/C22H25N3O3/c1-14(2)12-25-21(27)17-7-5-6-8-19(17)24(22(25)28)13-20(26)23-18-11-15(3)9-10-16(18)4/h5-11,14H,12-13H2,1-4H3,(H,23,26). The zero-order valence-corrected chi connectivity index (χ0v) is 16.7. The van der Waals surface area contributed by atoms with Gasteiger partial charge in [-0.25, -0.2) is 4.79 Å². The zero-order valence-electron chi connectivity index (χ0n) is 16.7. The first-order valence-electron chi connectivity index (χ1n) is 9.37. The van der Waals surface area contributed by atoms with Crippen LogP contribution in [0.15, 0.2) is 52.1 Å². The molecule has 0 aliphatic heterocycles. The molecular weight excluding hydrogens is 354 g/mol. The van der Waals surface area contributed by atoms with Crippen molar-refractivity contribution >= 4 is 22.5 Å². The molecule has 0 aliphatic carbocycles. The van der Waals surface area contributed by atoms with Gasteiger partial charge in [-0.3, -0.25) is 18.7 Å². The lowest BCUT2D eigenvalue weighted by atomic mass is 10.1. The molecule has 0 spiro atoms. The van der Waals surface area contributed by atoms with E-state index in [0.717, 1.165) is 16.8 Å². The van der Waals surface area contributed by atoms with E-state index in [0.29, 0.717) is 17.4 Å². The van der Waals surface area contributed by atoms with Gasteiger partial charge in [0.25, 0.3) is 5.56 Å². The van der Waals surface area contributed by atoms with Crippen LogP contribution in [0.2, 0.25) is 0 Å². The maximum absolute atomic E-state index is 13.0. The first-order chi connectivity index (χ1) is 13.3. The summed E-state index contributed by atoms with van der Waals surface area (Å²) in [5.74, 6) is -0.181. The number of nitrogens with one attached hydrogen (secondary N) is 1. The maximum atomic E-state index is 13.0. The summed E-state index contributed by atoms with van der Waals surface area (Å²) in [5.41, 5.74) is 2.38. The molecule has 1 amide bonds. The third-order valence-electron chi connectivity index (χ3n) is 4.65. The molecule has 3 rings (SSSR count). The number of carbonyl (C=O) groups excluding carboxylic acids is 1. The van der Waals surface area contributed by atoms with E-state index in [1.165, 1.54) is 9.13 Å². The molecule has 3 aromatic rings. The van der Waals surface area contributed by atoms with Crippen LogP contribution in [0.5, 0.6) is 0 Å². The van der Waals surface area contributed by atoms with Crippen molar-refractivity contribution in [2.24, 2.45) is 5.92 Å². The van der Waals surface area contributed by atoms with Crippen LogP contribution in [0.3, 0.4) is 0 Å². The number of hydrogen-bond donors (Lipinski definition) is 1. The number of hydrogen-bond acceptors (Lipinski definition) is 3. The number of amides is 1. The Morgan fingerprint density at radius 2 is 1.75 bits per heavy atom. The van der Waals surface area contributed by atoms with Gasteiger partial charge >= 0.3 is 5.69 Å². The number of aromatic nitrogens is 2. The van der Waals surface area contributed by atoms with Crippen LogP contribution in [0.25, 0.3) is 10.9 Å². The monoisotopic (exact) mass is 379 g/mol. The Hall–Kier alpha value is -3.15.